The van der Waals surface area contributed by atoms with Crippen molar-refractivity contribution >= 4 is 11.9 Å². The second-order valence-electron chi connectivity index (χ2n) is 6.69. The van der Waals surface area contributed by atoms with Gasteiger partial charge in [0, 0.05) is 31.2 Å². The molecule has 3 rings (SSSR count). The molecule has 0 aromatic heterocycles. The number of benzene rings is 1. The lowest BCUT2D eigenvalue weighted by Gasteiger charge is -2.33. The summed E-state index contributed by atoms with van der Waals surface area (Å²) in [5.41, 5.74) is 0.540. The van der Waals surface area contributed by atoms with E-state index in [-0.39, 0.29) is 18.4 Å². The van der Waals surface area contributed by atoms with Crippen molar-refractivity contribution in [1.29, 1.82) is 0 Å². The number of ether oxygens (including phenoxy) is 2. The summed E-state index contributed by atoms with van der Waals surface area (Å²) in [7, 11) is 1.59. The van der Waals surface area contributed by atoms with Crippen LogP contribution in [0.2, 0.25) is 0 Å². The number of allylic oxidation sites excluding steroid dienone is 1. The summed E-state index contributed by atoms with van der Waals surface area (Å²) in [5.74, 6) is -0.434. The van der Waals surface area contributed by atoms with Gasteiger partial charge in [0.15, 0.2) is 0 Å². The van der Waals surface area contributed by atoms with Gasteiger partial charge in [0.25, 0.3) is 5.91 Å². The molecule has 0 bridgehead atoms. The van der Waals surface area contributed by atoms with E-state index in [2.05, 4.69) is 6.58 Å². The van der Waals surface area contributed by atoms with Crippen LogP contribution in [0.5, 0.6) is 5.75 Å². The number of rotatable bonds is 5. The first-order valence-corrected chi connectivity index (χ1v) is 8.40. The fraction of sp³-hybridized carbons (Fsp3) is 0.474. The van der Waals surface area contributed by atoms with Crippen molar-refractivity contribution in [2.45, 2.75) is 12.8 Å². The normalized spacial score (nSPS) is 25.3. The molecule has 2 heterocycles. The number of likely N-dealkylation sites (tertiary alicyclic amines) is 1. The molecule has 2 aliphatic heterocycles. The van der Waals surface area contributed by atoms with E-state index in [4.69, 9.17) is 9.47 Å². The molecular weight excluding hydrogens is 322 g/mol. The number of carboxylic acid groups (broad SMARTS) is 1. The van der Waals surface area contributed by atoms with Crippen molar-refractivity contribution in [3.8, 4) is 5.75 Å². The zero-order valence-corrected chi connectivity index (χ0v) is 14.4. The van der Waals surface area contributed by atoms with Gasteiger partial charge in [0.1, 0.15) is 5.75 Å². The number of methoxy groups -OCH3 is 1. The van der Waals surface area contributed by atoms with E-state index in [1.807, 2.05) is 0 Å². The van der Waals surface area contributed by atoms with Crippen LogP contribution < -0.4 is 4.74 Å². The summed E-state index contributed by atoms with van der Waals surface area (Å²) in [4.78, 5) is 26.4. The third-order valence-electron chi connectivity index (χ3n) is 5.31. The van der Waals surface area contributed by atoms with Gasteiger partial charge >= 0.3 is 5.97 Å². The Balaban J connectivity index is 1.85. The molecule has 25 heavy (non-hydrogen) atoms. The number of carbonyl (C=O) groups excluding carboxylic acids is 1. The maximum Gasteiger partial charge on any atom is 0.311 e. The number of carboxylic acids is 1. The van der Waals surface area contributed by atoms with Gasteiger partial charge in [-0.15, -0.1) is 6.58 Å². The van der Waals surface area contributed by atoms with Crippen LogP contribution in [0.4, 0.5) is 0 Å². The van der Waals surface area contributed by atoms with Crippen molar-refractivity contribution in [2.75, 3.05) is 33.4 Å². The molecular formula is C19H23NO5. The highest BCUT2D eigenvalue weighted by Crippen LogP contribution is 2.43. The van der Waals surface area contributed by atoms with Gasteiger partial charge in [-0.1, -0.05) is 6.08 Å². The molecule has 1 N–H and O–H groups in total. The second-order valence-corrected chi connectivity index (χ2v) is 6.69. The Bertz CT molecular complexity index is 701. The zero-order chi connectivity index (χ0) is 18.0. The number of hydrogen-bond acceptors (Lipinski definition) is 4. The Hall–Kier alpha value is -2.34. The van der Waals surface area contributed by atoms with Crippen LogP contribution in [0.3, 0.4) is 0 Å². The minimum absolute atomic E-state index is 0.150. The number of aliphatic carboxylic acids is 1. The summed E-state index contributed by atoms with van der Waals surface area (Å²) in [5, 5.41) is 9.73. The van der Waals surface area contributed by atoms with Gasteiger partial charge in [-0.05, 0) is 36.6 Å². The van der Waals surface area contributed by atoms with E-state index in [1.165, 1.54) is 0 Å². The first-order valence-electron chi connectivity index (χ1n) is 8.40. The molecule has 2 aliphatic rings. The Morgan fingerprint density at radius 2 is 2.32 bits per heavy atom. The largest absolute Gasteiger partial charge is 0.496 e. The molecule has 0 unspecified atom stereocenters. The lowest BCUT2D eigenvalue weighted by Crippen LogP contribution is -2.45. The molecule has 0 radical (unpaired) electrons. The number of nitrogens with zero attached hydrogens (tertiary/aromatic N) is 1. The van der Waals surface area contributed by atoms with Gasteiger partial charge < -0.3 is 19.5 Å². The van der Waals surface area contributed by atoms with Crippen molar-refractivity contribution in [2.24, 2.45) is 11.3 Å². The number of hydrogen-bond donors (Lipinski definition) is 1. The average Bonchev–Trinajstić information content (AvgIpc) is 3.02. The maximum absolute atomic E-state index is 12.9. The molecule has 134 valence electrons. The van der Waals surface area contributed by atoms with Crippen LogP contribution in [-0.2, 0) is 16.0 Å². The summed E-state index contributed by atoms with van der Waals surface area (Å²) >= 11 is 0. The van der Waals surface area contributed by atoms with Crippen LogP contribution >= 0.6 is 0 Å². The van der Waals surface area contributed by atoms with E-state index >= 15 is 0 Å². The van der Waals surface area contributed by atoms with Crippen molar-refractivity contribution in [1.82, 2.24) is 4.90 Å². The predicted molar refractivity (Wildman–Crippen MR) is 91.8 cm³/mol. The molecule has 2 saturated heterocycles. The molecule has 1 aromatic carbocycles. The first kappa shape index (κ1) is 17.5. The van der Waals surface area contributed by atoms with Crippen molar-refractivity contribution < 1.29 is 24.2 Å². The van der Waals surface area contributed by atoms with E-state index in [0.29, 0.717) is 43.9 Å². The quantitative estimate of drug-likeness (QED) is 0.826. The Kier molecular flexibility index (Phi) is 4.81. The van der Waals surface area contributed by atoms with Gasteiger partial charge in [-0.2, -0.15) is 0 Å². The SMILES string of the molecule is C=CCc1cc(C(=O)N2C[C@@H]3COCC[C@]3(C(=O)O)C2)ccc1OC. The molecule has 1 aromatic rings. The number of amides is 1. The van der Waals surface area contributed by atoms with E-state index in [9.17, 15) is 14.7 Å². The lowest BCUT2D eigenvalue weighted by molar-refractivity contribution is -0.157. The second kappa shape index (κ2) is 6.88. The average molecular weight is 345 g/mol. The minimum Gasteiger partial charge on any atom is -0.496 e. The highest BCUT2D eigenvalue weighted by atomic mass is 16.5. The summed E-state index contributed by atoms with van der Waals surface area (Å²) in [6.07, 6.45) is 2.80. The van der Waals surface area contributed by atoms with Crippen LogP contribution in [0, 0.1) is 11.3 Å². The van der Waals surface area contributed by atoms with Gasteiger partial charge in [0.05, 0.1) is 19.1 Å². The fourth-order valence-corrected chi connectivity index (χ4v) is 3.86. The van der Waals surface area contributed by atoms with Crippen LogP contribution in [0.1, 0.15) is 22.3 Å². The zero-order valence-electron chi connectivity index (χ0n) is 14.4. The topological polar surface area (TPSA) is 76.1 Å². The monoisotopic (exact) mass is 345 g/mol. The van der Waals surface area contributed by atoms with Crippen LogP contribution in [-0.4, -0.2) is 55.3 Å². The third-order valence-corrected chi connectivity index (χ3v) is 5.31. The Labute approximate surface area is 147 Å². The predicted octanol–water partition coefficient (Wildman–Crippen LogP) is 1.99. The first-order chi connectivity index (χ1) is 12.0. The van der Waals surface area contributed by atoms with Gasteiger partial charge in [-0.25, -0.2) is 0 Å². The van der Waals surface area contributed by atoms with Gasteiger partial charge in [0.2, 0.25) is 0 Å². The smallest absolute Gasteiger partial charge is 0.311 e. The standard InChI is InChI=1S/C19H23NO5/c1-3-4-13-9-14(5-6-16(13)24-2)17(21)20-10-15-11-25-8-7-19(15,12-20)18(22)23/h3,5-6,9,15H,1,4,7-8,10-12H2,2H3,(H,22,23)/t15-,19+/m1/s1. The molecule has 0 spiro atoms. The highest BCUT2D eigenvalue weighted by molar-refractivity contribution is 5.95. The highest BCUT2D eigenvalue weighted by Gasteiger charge is 2.54. The third kappa shape index (κ3) is 3.02. The van der Waals surface area contributed by atoms with Gasteiger partial charge in [-0.3, -0.25) is 9.59 Å². The number of carbonyl (C=O) groups is 2. The molecule has 1 amide bonds. The van der Waals surface area contributed by atoms with Crippen LogP contribution in [0.25, 0.3) is 0 Å². The van der Waals surface area contributed by atoms with Crippen LogP contribution in [0.15, 0.2) is 30.9 Å². The number of fused-ring (bicyclic) bond motifs is 1. The molecule has 0 saturated carbocycles. The minimum atomic E-state index is -0.885. The molecule has 0 aliphatic carbocycles. The maximum atomic E-state index is 12.9. The fourth-order valence-electron chi connectivity index (χ4n) is 3.86. The summed E-state index contributed by atoms with van der Waals surface area (Å²) < 4.78 is 10.8. The molecule has 6 heteroatoms. The molecule has 6 nitrogen and oxygen atoms in total. The molecule has 2 atom stereocenters. The molecule has 2 fully saturated rings. The van der Waals surface area contributed by atoms with Crippen molar-refractivity contribution in [3.63, 3.8) is 0 Å². The van der Waals surface area contributed by atoms with E-state index < -0.39 is 11.4 Å². The van der Waals surface area contributed by atoms with E-state index in [1.54, 1.807) is 36.3 Å². The summed E-state index contributed by atoms with van der Waals surface area (Å²) in [6.45, 7) is 5.19. The Morgan fingerprint density at radius 3 is 2.96 bits per heavy atom. The lowest BCUT2D eigenvalue weighted by atomic mass is 9.74. The Morgan fingerprint density at radius 1 is 1.52 bits per heavy atom. The summed E-state index contributed by atoms with van der Waals surface area (Å²) in [6, 6.07) is 5.29. The van der Waals surface area contributed by atoms with E-state index in [0.717, 1.165) is 5.56 Å². The van der Waals surface area contributed by atoms with Crippen molar-refractivity contribution in [3.05, 3.63) is 42.0 Å².